The van der Waals surface area contributed by atoms with Crippen LogP contribution in [0.15, 0.2) is 57.7 Å². The van der Waals surface area contributed by atoms with Crippen molar-refractivity contribution in [2.45, 2.75) is 6.92 Å². The molecule has 7 nitrogen and oxygen atoms in total. The van der Waals surface area contributed by atoms with Crippen LogP contribution in [0.4, 0.5) is 0 Å². The number of fused-ring (bicyclic) bond motifs is 1. The molecule has 26 heavy (non-hydrogen) atoms. The molecule has 0 radical (unpaired) electrons. The summed E-state index contributed by atoms with van der Waals surface area (Å²) in [5.41, 5.74) is -0.560. The molecule has 0 saturated carbocycles. The Balaban J connectivity index is 2.23. The topological polar surface area (TPSA) is 92.0 Å². The van der Waals surface area contributed by atoms with Crippen molar-refractivity contribution < 1.29 is 28.2 Å². The molecule has 2 aromatic carbocycles. The first kappa shape index (κ1) is 17.2. The van der Waals surface area contributed by atoms with Crippen molar-refractivity contribution >= 4 is 22.9 Å². The van der Waals surface area contributed by atoms with Crippen LogP contribution < -0.4 is 19.8 Å². The lowest BCUT2D eigenvalue weighted by Gasteiger charge is -2.13. The van der Waals surface area contributed by atoms with Crippen molar-refractivity contribution in [2.75, 3.05) is 7.11 Å². The van der Waals surface area contributed by atoms with Crippen LogP contribution in [0, 0.1) is 0 Å². The average molecular weight is 354 g/mol. The molecular weight excluding hydrogens is 340 g/mol. The second-order valence-electron chi connectivity index (χ2n) is 5.23. The molecule has 0 amide bonds. The van der Waals surface area contributed by atoms with Gasteiger partial charge in [-0.25, -0.2) is 9.59 Å². The molecule has 0 spiro atoms. The van der Waals surface area contributed by atoms with E-state index in [1.165, 1.54) is 13.2 Å². The van der Waals surface area contributed by atoms with E-state index in [0.717, 1.165) is 6.92 Å². The number of carbonyl (C=O) groups excluding carboxylic acids is 2. The molecule has 0 aliphatic rings. The molecule has 132 valence electrons. The van der Waals surface area contributed by atoms with Crippen molar-refractivity contribution in [3.63, 3.8) is 0 Å². The molecule has 1 aromatic heterocycles. The van der Waals surface area contributed by atoms with Gasteiger partial charge in [-0.05, 0) is 24.3 Å². The molecule has 3 rings (SSSR count). The van der Waals surface area contributed by atoms with Crippen LogP contribution in [-0.4, -0.2) is 19.0 Å². The number of rotatable bonds is 4. The maximum atomic E-state index is 12.5. The Kier molecular flexibility index (Phi) is 4.70. The number of esters is 2. The predicted octanol–water partition coefficient (Wildman–Crippen LogP) is 2.95. The number of carbonyl (C=O) groups is 2. The largest absolute Gasteiger partial charge is 0.496 e. The van der Waals surface area contributed by atoms with Crippen LogP contribution in [-0.2, 0) is 4.79 Å². The highest BCUT2D eigenvalue weighted by Gasteiger charge is 2.24. The zero-order valence-electron chi connectivity index (χ0n) is 14.0. The molecule has 0 atom stereocenters. The Hall–Kier alpha value is -3.61. The fourth-order valence-electron chi connectivity index (χ4n) is 2.40. The van der Waals surface area contributed by atoms with Gasteiger partial charge < -0.3 is 18.6 Å². The first-order valence-electron chi connectivity index (χ1n) is 7.60. The lowest BCUT2D eigenvalue weighted by Crippen LogP contribution is -2.16. The van der Waals surface area contributed by atoms with Crippen LogP contribution >= 0.6 is 0 Å². The van der Waals surface area contributed by atoms with Crippen LogP contribution in [0.3, 0.4) is 0 Å². The van der Waals surface area contributed by atoms with Crippen LogP contribution in [0.2, 0.25) is 0 Å². The summed E-state index contributed by atoms with van der Waals surface area (Å²) in [4.78, 5) is 36.1. The van der Waals surface area contributed by atoms with Crippen molar-refractivity contribution in [3.8, 4) is 17.2 Å². The summed E-state index contributed by atoms with van der Waals surface area (Å²) in [6.07, 6.45) is 0. The summed E-state index contributed by atoms with van der Waals surface area (Å²) >= 11 is 0. The third-order valence-corrected chi connectivity index (χ3v) is 3.48. The monoisotopic (exact) mass is 354 g/mol. The summed E-state index contributed by atoms with van der Waals surface area (Å²) in [5.74, 6) is -1.95. The van der Waals surface area contributed by atoms with Crippen LogP contribution in [0.1, 0.15) is 17.3 Å². The van der Waals surface area contributed by atoms with Gasteiger partial charge in [0.2, 0.25) is 0 Å². The van der Waals surface area contributed by atoms with Crippen molar-refractivity contribution in [2.24, 2.45) is 0 Å². The first-order chi connectivity index (χ1) is 12.5. The van der Waals surface area contributed by atoms with E-state index in [4.69, 9.17) is 18.6 Å². The SMILES string of the molecule is COc1cccc2oc(=O)c(OC(C)=O)c(OC(=O)c3ccccc3)c12. The van der Waals surface area contributed by atoms with E-state index in [0.29, 0.717) is 0 Å². The molecular formula is C19H14O7. The minimum atomic E-state index is -0.947. The second kappa shape index (κ2) is 7.10. The van der Waals surface area contributed by atoms with Crippen LogP contribution in [0.5, 0.6) is 17.2 Å². The molecule has 0 bridgehead atoms. The van der Waals surface area contributed by atoms with Crippen molar-refractivity contribution in [3.05, 3.63) is 64.5 Å². The molecule has 7 heteroatoms. The highest BCUT2D eigenvalue weighted by atomic mass is 16.6. The smallest absolute Gasteiger partial charge is 0.383 e. The summed E-state index contributed by atoms with van der Waals surface area (Å²) < 4.78 is 20.8. The Morgan fingerprint density at radius 1 is 0.923 bits per heavy atom. The second-order valence-corrected chi connectivity index (χ2v) is 5.23. The summed E-state index contributed by atoms with van der Waals surface area (Å²) in [6.45, 7) is 1.12. The van der Waals surface area contributed by atoms with E-state index < -0.39 is 23.3 Å². The maximum absolute atomic E-state index is 12.5. The van der Waals surface area contributed by atoms with Gasteiger partial charge in [0.25, 0.3) is 5.75 Å². The van der Waals surface area contributed by atoms with Crippen molar-refractivity contribution in [1.29, 1.82) is 0 Å². The Labute approximate surface area is 147 Å². The third-order valence-electron chi connectivity index (χ3n) is 3.48. The number of methoxy groups -OCH3 is 1. The van der Waals surface area contributed by atoms with E-state index in [-0.39, 0.29) is 28.0 Å². The normalized spacial score (nSPS) is 10.4. The highest BCUT2D eigenvalue weighted by Crippen LogP contribution is 2.39. The molecule has 1 heterocycles. The van der Waals surface area contributed by atoms with Gasteiger partial charge in [-0.15, -0.1) is 0 Å². The zero-order valence-corrected chi connectivity index (χ0v) is 14.0. The third kappa shape index (κ3) is 3.27. The lowest BCUT2D eigenvalue weighted by molar-refractivity contribution is -0.132. The zero-order chi connectivity index (χ0) is 18.7. The Morgan fingerprint density at radius 3 is 2.31 bits per heavy atom. The fraction of sp³-hybridized carbons (Fsp3) is 0.105. The average Bonchev–Trinajstić information content (AvgIpc) is 2.64. The van der Waals surface area contributed by atoms with Gasteiger partial charge in [0.15, 0.2) is 5.75 Å². The van der Waals surface area contributed by atoms with Crippen LogP contribution in [0.25, 0.3) is 11.0 Å². The van der Waals surface area contributed by atoms with E-state index in [9.17, 15) is 14.4 Å². The first-order valence-corrected chi connectivity index (χ1v) is 7.60. The van der Waals surface area contributed by atoms with Gasteiger partial charge in [-0.3, -0.25) is 4.79 Å². The lowest BCUT2D eigenvalue weighted by atomic mass is 10.2. The maximum Gasteiger partial charge on any atom is 0.383 e. The molecule has 3 aromatic rings. The van der Waals surface area contributed by atoms with E-state index in [2.05, 4.69) is 0 Å². The predicted molar refractivity (Wildman–Crippen MR) is 91.7 cm³/mol. The number of benzene rings is 2. The quantitative estimate of drug-likeness (QED) is 0.525. The van der Waals surface area contributed by atoms with E-state index >= 15 is 0 Å². The molecule has 0 N–H and O–H groups in total. The summed E-state index contributed by atoms with van der Waals surface area (Å²) in [5, 5.41) is 0.204. The molecule has 0 aliphatic carbocycles. The molecule has 0 unspecified atom stereocenters. The van der Waals surface area contributed by atoms with E-state index in [1.54, 1.807) is 42.5 Å². The highest BCUT2D eigenvalue weighted by molar-refractivity contribution is 5.97. The van der Waals surface area contributed by atoms with Gasteiger partial charge in [0.05, 0.1) is 12.7 Å². The molecule has 0 aliphatic heterocycles. The fourth-order valence-corrected chi connectivity index (χ4v) is 2.40. The standard InChI is InChI=1S/C19H14O7/c1-11(20)24-17-16(26-18(21)12-7-4-3-5-8-12)15-13(23-2)9-6-10-14(15)25-19(17)22/h3-10H,1-2H3. The molecule has 0 saturated heterocycles. The van der Waals surface area contributed by atoms with Gasteiger partial charge in [0.1, 0.15) is 16.7 Å². The van der Waals surface area contributed by atoms with Crippen molar-refractivity contribution in [1.82, 2.24) is 0 Å². The molecule has 0 fully saturated rings. The Morgan fingerprint density at radius 2 is 1.65 bits per heavy atom. The van der Waals surface area contributed by atoms with E-state index in [1.807, 2.05) is 0 Å². The summed E-state index contributed by atoms with van der Waals surface area (Å²) in [7, 11) is 1.41. The van der Waals surface area contributed by atoms with Gasteiger partial charge >= 0.3 is 17.6 Å². The minimum absolute atomic E-state index is 0.126. The Bertz CT molecular complexity index is 1030. The number of hydrogen-bond acceptors (Lipinski definition) is 7. The minimum Gasteiger partial charge on any atom is -0.496 e. The van der Waals surface area contributed by atoms with Gasteiger partial charge in [-0.1, -0.05) is 24.3 Å². The number of hydrogen-bond donors (Lipinski definition) is 0. The van der Waals surface area contributed by atoms with Gasteiger partial charge in [0, 0.05) is 6.92 Å². The summed E-state index contributed by atoms with van der Waals surface area (Å²) in [6, 6.07) is 12.9. The number of ether oxygens (including phenoxy) is 3. The van der Waals surface area contributed by atoms with Gasteiger partial charge in [-0.2, -0.15) is 0 Å².